The Labute approximate surface area is 159 Å². The van der Waals surface area contributed by atoms with Gasteiger partial charge >= 0.3 is 6.03 Å². The van der Waals surface area contributed by atoms with Crippen LogP contribution in [0, 0.1) is 20.8 Å². The van der Waals surface area contributed by atoms with Crippen molar-refractivity contribution in [3.05, 3.63) is 46.8 Å². The molecule has 27 heavy (non-hydrogen) atoms. The second kappa shape index (κ2) is 7.69. The van der Waals surface area contributed by atoms with E-state index in [-0.39, 0.29) is 25.7 Å². The fourth-order valence-corrected chi connectivity index (χ4v) is 4.44. The van der Waals surface area contributed by atoms with Gasteiger partial charge in [0.05, 0.1) is 11.4 Å². The summed E-state index contributed by atoms with van der Waals surface area (Å²) in [6, 6.07) is 6.67. The first-order chi connectivity index (χ1) is 12.8. The summed E-state index contributed by atoms with van der Waals surface area (Å²) in [6.45, 7) is 7.13. The van der Waals surface area contributed by atoms with Gasteiger partial charge in [-0.05, 0) is 44.0 Å². The van der Waals surface area contributed by atoms with Crippen molar-refractivity contribution >= 4 is 16.1 Å². The third-order valence-corrected chi connectivity index (χ3v) is 6.63. The van der Waals surface area contributed by atoms with Crippen LogP contribution in [0.1, 0.15) is 22.6 Å². The van der Waals surface area contributed by atoms with E-state index >= 15 is 0 Å². The van der Waals surface area contributed by atoms with Crippen LogP contribution in [-0.4, -0.2) is 55.0 Å². The van der Waals surface area contributed by atoms with Crippen molar-refractivity contribution in [1.29, 1.82) is 0 Å². The molecule has 1 aromatic heterocycles. The van der Waals surface area contributed by atoms with E-state index in [1.54, 1.807) is 30.0 Å². The lowest BCUT2D eigenvalue weighted by molar-refractivity contribution is 0.171. The van der Waals surface area contributed by atoms with Crippen LogP contribution in [-0.2, 0) is 16.6 Å². The average Bonchev–Trinajstić information content (AvgIpc) is 3.07. The maximum Gasteiger partial charge on any atom is 0.317 e. The number of carbonyl (C=O) groups is 1. The Hall–Kier alpha value is -2.39. The van der Waals surface area contributed by atoms with Gasteiger partial charge in [-0.15, -0.1) is 0 Å². The molecule has 2 amide bonds. The molecule has 1 aromatic carbocycles. The third-order valence-electron chi connectivity index (χ3n) is 4.74. The summed E-state index contributed by atoms with van der Waals surface area (Å²) >= 11 is 0. The lowest BCUT2D eigenvalue weighted by Crippen LogP contribution is -2.52. The average molecular weight is 392 g/mol. The number of sulfonamides is 1. The highest BCUT2D eigenvalue weighted by atomic mass is 32.2. The van der Waals surface area contributed by atoms with Gasteiger partial charge in [0.1, 0.15) is 11.5 Å². The van der Waals surface area contributed by atoms with Crippen LogP contribution in [0.25, 0.3) is 0 Å². The minimum Gasteiger partial charge on any atom is -0.361 e. The van der Waals surface area contributed by atoms with E-state index in [9.17, 15) is 13.2 Å². The van der Waals surface area contributed by atoms with Crippen molar-refractivity contribution in [2.24, 2.45) is 0 Å². The van der Waals surface area contributed by atoms with Crippen molar-refractivity contribution in [2.45, 2.75) is 32.2 Å². The fourth-order valence-electron chi connectivity index (χ4n) is 2.93. The fraction of sp³-hybridized carbons (Fsp3) is 0.444. The van der Waals surface area contributed by atoms with Gasteiger partial charge in [0.15, 0.2) is 0 Å². The van der Waals surface area contributed by atoms with Crippen molar-refractivity contribution in [3.8, 4) is 0 Å². The summed E-state index contributed by atoms with van der Waals surface area (Å²) in [6.07, 6.45) is 0. The zero-order chi connectivity index (χ0) is 19.6. The molecule has 2 aromatic rings. The molecule has 9 heteroatoms. The first-order valence-corrected chi connectivity index (χ1v) is 10.2. The van der Waals surface area contributed by atoms with Gasteiger partial charge in [-0.3, -0.25) is 0 Å². The van der Waals surface area contributed by atoms with Crippen molar-refractivity contribution in [1.82, 2.24) is 19.7 Å². The van der Waals surface area contributed by atoms with Gasteiger partial charge in [-0.2, -0.15) is 4.31 Å². The zero-order valence-electron chi connectivity index (χ0n) is 15.7. The smallest absolute Gasteiger partial charge is 0.317 e. The van der Waals surface area contributed by atoms with Gasteiger partial charge < -0.3 is 14.7 Å². The first kappa shape index (κ1) is 19.4. The second-order valence-corrected chi connectivity index (χ2v) is 8.66. The number of nitrogens with zero attached hydrogens (tertiary/aromatic N) is 3. The maximum atomic E-state index is 12.8. The van der Waals surface area contributed by atoms with E-state index in [1.807, 2.05) is 19.9 Å². The molecule has 1 aliphatic heterocycles. The SMILES string of the molecule is Cc1cc(CNC(=O)N2CCN(S(=O)(=O)c3ccc(C)c(C)c3)CC2)no1. The van der Waals surface area contributed by atoms with E-state index in [1.165, 1.54) is 4.31 Å². The molecule has 2 heterocycles. The minimum atomic E-state index is -3.55. The van der Waals surface area contributed by atoms with Crippen LogP contribution >= 0.6 is 0 Å². The highest BCUT2D eigenvalue weighted by Gasteiger charge is 2.30. The minimum absolute atomic E-state index is 0.237. The Balaban J connectivity index is 1.57. The van der Waals surface area contributed by atoms with E-state index < -0.39 is 10.0 Å². The van der Waals surface area contributed by atoms with Crippen LogP contribution in [0.4, 0.5) is 4.79 Å². The lowest BCUT2D eigenvalue weighted by Gasteiger charge is -2.34. The number of hydrogen-bond donors (Lipinski definition) is 1. The number of rotatable bonds is 4. The van der Waals surface area contributed by atoms with E-state index in [0.29, 0.717) is 29.4 Å². The van der Waals surface area contributed by atoms with Gasteiger partial charge in [0.25, 0.3) is 0 Å². The summed E-state index contributed by atoms with van der Waals surface area (Å²) < 4.78 is 32.1. The van der Waals surface area contributed by atoms with E-state index in [0.717, 1.165) is 11.1 Å². The Morgan fingerprint density at radius 3 is 2.41 bits per heavy atom. The molecule has 0 spiro atoms. The van der Waals surface area contributed by atoms with Gasteiger partial charge in [-0.25, -0.2) is 13.2 Å². The summed E-state index contributed by atoms with van der Waals surface area (Å²) in [5, 5.41) is 6.61. The summed E-state index contributed by atoms with van der Waals surface area (Å²) in [4.78, 5) is 14.2. The molecule has 0 atom stereocenters. The monoisotopic (exact) mass is 392 g/mol. The molecular weight excluding hydrogens is 368 g/mol. The van der Waals surface area contributed by atoms with Crippen molar-refractivity contribution in [2.75, 3.05) is 26.2 Å². The number of aromatic nitrogens is 1. The second-order valence-electron chi connectivity index (χ2n) is 6.72. The first-order valence-electron chi connectivity index (χ1n) is 8.80. The van der Waals surface area contributed by atoms with Crippen LogP contribution in [0.3, 0.4) is 0 Å². The summed E-state index contributed by atoms with van der Waals surface area (Å²) in [5.41, 5.74) is 2.65. The van der Waals surface area contributed by atoms with Crippen LogP contribution < -0.4 is 5.32 Å². The molecule has 146 valence electrons. The Morgan fingerprint density at radius 2 is 1.81 bits per heavy atom. The topological polar surface area (TPSA) is 95.8 Å². The molecule has 0 unspecified atom stereocenters. The lowest BCUT2D eigenvalue weighted by atomic mass is 10.1. The standard InChI is InChI=1S/C18H24N4O4S/c1-13-4-5-17(10-14(13)2)27(24,25)22-8-6-21(7-9-22)18(23)19-12-16-11-15(3)26-20-16/h4-5,10-11H,6-9,12H2,1-3H3,(H,19,23). The molecule has 1 N–H and O–H groups in total. The van der Waals surface area contributed by atoms with Gasteiger partial charge in [0, 0.05) is 32.2 Å². The van der Waals surface area contributed by atoms with Crippen LogP contribution in [0.15, 0.2) is 33.7 Å². The zero-order valence-corrected chi connectivity index (χ0v) is 16.5. The molecule has 8 nitrogen and oxygen atoms in total. The predicted octanol–water partition coefficient (Wildman–Crippen LogP) is 1.82. The number of nitrogens with one attached hydrogen (secondary N) is 1. The number of benzene rings is 1. The van der Waals surface area contributed by atoms with E-state index in [4.69, 9.17) is 4.52 Å². The van der Waals surface area contributed by atoms with E-state index in [2.05, 4.69) is 10.5 Å². The highest BCUT2D eigenvalue weighted by Crippen LogP contribution is 2.20. The Kier molecular flexibility index (Phi) is 5.52. The van der Waals surface area contributed by atoms with Crippen LogP contribution in [0.2, 0.25) is 0 Å². The summed E-state index contributed by atoms with van der Waals surface area (Å²) in [7, 11) is -3.55. The quantitative estimate of drug-likeness (QED) is 0.856. The number of aryl methyl sites for hydroxylation is 3. The molecule has 3 rings (SSSR count). The number of carbonyl (C=O) groups excluding carboxylic acids is 1. The molecular formula is C18H24N4O4S. The predicted molar refractivity (Wildman–Crippen MR) is 99.7 cm³/mol. The largest absolute Gasteiger partial charge is 0.361 e. The number of hydrogen-bond acceptors (Lipinski definition) is 5. The Morgan fingerprint density at radius 1 is 1.11 bits per heavy atom. The number of amides is 2. The molecule has 1 saturated heterocycles. The van der Waals surface area contributed by atoms with Crippen molar-refractivity contribution < 1.29 is 17.7 Å². The van der Waals surface area contributed by atoms with Gasteiger partial charge in [-0.1, -0.05) is 11.2 Å². The molecule has 1 fully saturated rings. The molecule has 1 aliphatic rings. The number of urea groups is 1. The molecule has 0 aliphatic carbocycles. The molecule has 0 radical (unpaired) electrons. The maximum absolute atomic E-state index is 12.8. The molecule has 0 saturated carbocycles. The van der Waals surface area contributed by atoms with Crippen LogP contribution in [0.5, 0.6) is 0 Å². The normalized spacial score (nSPS) is 15.7. The Bertz CT molecular complexity index is 931. The summed E-state index contributed by atoms with van der Waals surface area (Å²) in [5.74, 6) is 0.685. The van der Waals surface area contributed by atoms with Gasteiger partial charge in [0.2, 0.25) is 10.0 Å². The highest BCUT2D eigenvalue weighted by molar-refractivity contribution is 7.89. The van der Waals surface area contributed by atoms with Crippen molar-refractivity contribution in [3.63, 3.8) is 0 Å². The number of piperazine rings is 1. The third kappa shape index (κ3) is 4.30. The molecule has 0 bridgehead atoms.